The van der Waals surface area contributed by atoms with Crippen LogP contribution in [0.3, 0.4) is 0 Å². The molecule has 2 aromatic rings. The van der Waals surface area contributed by atoms with Gasteiger partial charge in [-0.1, -0.05) is 18.2 Å². The van der Waals surface area contributed by atoms with Crippen LogP contribution in [0.4, 0.5) is 4.39 Å². The van der Waals surface area contributed by atoms with Gasteiger partial charge in [0.15, 0.2) is 5.96 Å². The van der Waals surface area contributed by atoms with Crippen LogP contribution in [0.5, 0.6) is 5.75 Å². The summed E-state index contributed by atoms with van der Waals surface area (Å²) < 4.78 is 19.4. The summed E-state index contributed by atoms with van der Waals surface area (Å²) in [6, 6.07) is 11.3. The summed E-state index contributed by atoms with van der Waals surface area (Å²) in [5, 5.41) is 6.58. The Hall–Kier alpha value is -1.87. The summed E-state index contributed by atoms with van der Waals surface area (Å²) in [6.45, 7) is 6.46. The monoisotopic (exact) mass is 514 g/mol. The number of guanidine groups is 1. The van der Waals surface area contributed by atoms with Gasteiger partial charge in [0.05, 0.1) is 13.7 Å². The molecule has 0 amide bonds. The molecular weight excluding hydrogens is 482 g/mol. The highest BCUT2D eigenvalue weighted by Crippen LogP contribution is 2.19. The van der Waals surface area contributed by atoms with E-state index in [9.17, 15) is 4.39 Å². The van der Waals surface area contributed by atoms with Crippen LogP contribution in [0.1, 0.15) is 29.2 Å². The Morgan fingerprint density at radius 1 is 1.10 bits per heavy atom. The summed E-state index contributed by atoms with van der Waals surface area (Å²) in [5.41, 5.74) is 3.88. The van der Waals surface area contributed by atoms with E-state index >= 15 is 0 Å². The maximum absolute atomic E-state index is 14.0. The molecule has 0 saturated heterocycles. The average molecular weight is 514 g/mol. The minimum atomic E-state index is -0.182. The first-order valence-electron chi connectivity index (χ1n) is 9.50. The van der Waals surface area contributed by atoms with E-state index in [2.05, 4.69) is 27.8 Å². The summed E-state index contributed by atoms with van der Waals surface area (Å²) in [7, 11) is 5.53. The van der Waals surface area contributed by atoms with Gasteiger partial charge < -0.3 is 20.3 Å². The molecule has 0 unspecified atom stereocenters. The molecule has 0 fully saturated rings. The number of hydrogen-bond acceptors (Lipinski definition) is 3. The van der Waals surface area contributed by atoms with E-state index in [4.69, 9.17) is 4.74 Å². The van der Waals surface area contributed by atoms with E-state index in [1.807, 2.05) is 45.0 Å². The first kappa shape index (κ1) is 25.2. The van der Waals surface area contributed by atoms with Gasteiger partial charge in [0.1, 0.15) is 11.6 Å². The summed E-state index contributed by atoms with van der Waals surface area (Å²) in [4.78, 5) is 6.59. The predicted octanol–water partition coefficient (Wildman–Crippen LogP) is 4.08. The van der Waals surface area contributed by atoms with Gasteiger partial charge in [-0.2, -0.15) is 0 Å². The van der Waals surface area contributed by atoms with Gasteiger partial charge in [-0.25, -0.2) is 9.38 Å². The average Bonchev–Trinajstić information content (AvgIpc) is 2.66. The Morgan fingerprint density at radius 3 is 2.52 bits per heavy atom. The molecule has 0 aliphatic carbocycles. The molecule has 160 valence electrons. The molecule has 0 aliphatic rings. The third kappa shape index (κ3) is 8.18. The van der Waals surface area contributed by atoms with E-state index < -0.39 is 0 Å². The second-order valence-electron chi connectivity index (χ2n) is 7.03. The third-order valence-corrected chi connectivity index (χ3v) is 4.25. The van der Waals surface area contributed by atoms with Crippen molar-refractivity contribution in [2.24, 2.45) is 4.99 Å². The maximum Gasteiger partial charge on any atom is 0.191 e. The van der Waals surface area contributed by atoms with Crippen molar-refractivity contribution >= 4 is 29.9 Å². The maximum atomic E-state index is 14.0. The molecule has 2 N–H and O–H groups in total. The van der Waals surface area contributed by atoms with Crippen molar-refractivity contribution in [1.29, 1.82) is 0 Å². The first-order valence-corrected chi connectivity index (χ1v) is 9.50. The number of methoxy groups -OCH3 is 1. The molecule has 0 aliphatic heterocycles. The molecule has 0 aromatic heterocycles. The standard InChI is InChI=1S/C22H31FN4O.HI/c1-6-24-22(26-14-18-9-7-16(2)11-21(18)28-5)25-13-17-8-10-20(23)19(12-17)15-27(3)4;/h7-12H,6,13-15H2,1-5H3,(H2,24,25,26);1H. The quantitative estimate of drug-likeness (QED) is 0.317. The smallest absolute Gasteiger partial charge is 0.191 e. The molecule has 0 atom stereocenters. The number of nitrogens with zero attached hydrogens (tertiary/aromatic N) is 2. The van der Waals surface area contributed by atoms with Crippen LogP contribution in [0, 0.1) is 12.7 Å². The number of halogens is 2. The summed E-state index contributed by atoms with van der Waals surface area (Å²) in [6.07, 6.45) is 0. The van der Waals surface area contributed by atoms with Crippen molar-refractivity contribution in [2.45, 2.75) is 33.5 Å². The number of hydrogen-bond donors (Lipinski definition) is 2. The van der Waals surface area contributed by atoms with Gasteiger partial charge >= 0.3 is 0 Å². The third-order valence-electron chi connectivity index (χ3n) is 4.25. The molecule has 2 aromatic carbocycles. The Bertz CT molecular complexity index is 811. The molecule has 5 nitrogen and oxygen atoms in total. The zero-order valence-electron chi connectivity index (χ0n) is 17.9. The largest absolute Gasteiger partial charge is 0.496 e. The van der Waals surface area contributed by atoms with Crippen LogP contribution in [0.15, 0.2) is 41.4 Å². The van der Waals surface area contributed by atoms with Crippen molar-refractivity contribution in [3.05, 3.63) is 64.5 Å². The number of nitrogens with one attached hydrogen (secondary N) is 2. The zero-order chi connectivity index (χ0) is 20.5. The lowest BCUT2D eigenvalue weighted by Gasteiger charge is -2.14. The number of rotatable bonds is 8. The highest BCUT2D eigenvalue weighted by molar-refractivity contribution is 14.0. The molecule has 2 rings (SSSR count). The molecule has 0 bridgehead atoms. The van der Waals surface area contributed by atoms with E-state index in [0.717, 1.165) is 29.0 Å². The van der Waals surface area contributed by atoms with Crippen LogP contribution >= 0.6 is 24.0 Å². The van der Waals surface area contributed by atoms with Gasteiger partial charge in [0.2, 0.25) is 0 Å². The lowest BCUT2D eigenvalue weighted by Crippen LogP contribution is -2.36. The highest BCUT2D eigenvalue weighted by atomic mass is 127. The van der Waals surface area contributed by atoms with Crippen molar-refractivity contribution in [3.63, 3.8) is 0 Å². The van der Waals surface area contributed by atoms with Crippen LogP contribution in [-0.2, 0) is 19.6 Å². The predicted molar refractivity (Wildman–Crippen MR) is 129 cm³/mol. The number of benzene rings is 2. The van der Waals surface area contributed by atoms with Crippen LogP contribution in [0.25, 0.3) is 0 Å². The first-order chi connectivity index (χ1) is 13.4. The van der Waals surface area contributed by atoms with Crippen molar-refractivity contribution < 1.29 is 9.13 Å². The van der Waals surface area contributed by atoms with E-state index in [1.165, 1.54) is 6.07 Å². The normalized spacial score (nSPS) is 11.2. The topological polar surface area (TPSA) is 48.9 Å². The fraction of sp³-hybridized carbons (Fsp3) is 0.409. The van der Waals surface area contributed by atoms with Gasteiger partial charge in [-0.3, -0.25) is 0 Å². The summed E-state index contributed by atoms with van der Waals surface area (Å²) >= 11 is 0. The van der Waals surface area contributed by atoms with Crippen molar-refractivity contribution in [1.82, 2.24) is 15.5 Å². The summed E-state index contributed by atoms with van der Waals surface area (Å²) in [5.74, 6) is 1.39. The Kier molecular flexibility index (Phi) is 11.0. The van der Waals surface area contributed by atoms with Crippen molar-refractivity contribution in [2.75, 3.05) is 27.7 Å². The zero-order valence-corrected chi connectivity index (χ0v) is 20.2. The Balaban J connectivity index is 0.00000420. The molecule has 0 saturated carbocycles. The van der Waals surface area contributed by atoms with Gasteiger partial charge in [-0.05, 0) is 57.3 Å². The molecular formula is C22H32FIN4O. The molecule has 0 heterocycles. The Labute approximate surface area is 190 Å². The fourth-order valence-electron chi connectivity index (χ4n) is 2.88. The van der Waals surface area contributed by atoms with Crippen LogP contribution < -0.4 is 15.4 Å². The molecule has 29 heavy (non-hydrogen) atoms. The van der Waals surface area contributed by atoms with Crippen LogP contribution in [-0.4, -0.2) is 38.6 Å². The van der Waals surface area contributed by atoms with Gasteiger partial charge in [-0.15, -0.1) is 24.0 Å². The van der Waals surface area contributed by atoms with Gasteiger partial charge in [0, 0.05) is 30.8 Å². The van der Waals surface area contributed by atoms with E-state index in [-0.39, 0.29) is 29.8 Å². The molecule has 0 spiro atoms. The minimum Gasteiger partial charge on any atom is -0.496 e. The number of aliphatic imine (C=N–C) groups is 1. The minimum absolute atomic E-state index is 0. The van der Waals surface area contributed by atoms with E-state index in [1.54, 1.807) is 13.2 Å². The SMILES string of the molecule is CCNC(=NCc1ccc(F)c(CN(C)C)c1)NCc1ccc(C)cc1OC.I. The van der Waals surface area contributed by atoms with Gasteiger partial charge in [0.25, 0.3) is 0 Å². The number of ether oxygens (including phenoxy) is 1. The fourth-order valence-corrected chi connectivity index (χ4v) is 2.88. The second kappa shape index (κ2) is 12.6. The lowest BCUT2D eigenvalue weighted by atomic mass is 10.1. The number of aryl methyl sites for hydroxylation is 1. The van der Waals surface area contributed by atoms with E-state index in [0.29, 0.717) is 31.2 Å². The Morgan fingerprint density at radius 2 is 1.86 bits per heavy atom. The second-order valence-corrected chi connectivity index (χ2v) is 7.03. The van der Waals surface area contributed by atoms with Crippen molar-refractivity contribution in [3.8, 4) is 5.75 Å². The molecule has 0 radical (unpaired) electrons. The molecule has 7 heteroatoms. The van der Waals surface area contributed by atoms with Crippen LogP contribution in [0.2, 0.25) is 0 Å². The highest BCUT2D eigenvalue weighted by Gasteiger charge is 2.07. The lowest BCUT2D eigenvalue weighted by molar-refractivity contribution is 0.392.